The fraction of sp³-hybridized carbons (Fsp3) is 0.424. The van der Waals surface area contributed by atoms with Crippen molar-refractivity contribution >= 4 is 69.3 Å². The second-order valence-electron chi connectivity index (χ2n) is 12.3. The third kappa shape index (κ3) is 6.06. The van der Waals surface area contributed by atoms with Crippen molar-refractivity contribution in [1.29, 1.82) is 0 Å². The van der Waals surface area contributed by atoms with Crippen molar-refractivity contribution in [3.63, 3.8) is 0 Å². The summed E-state index contributed by atoms with van der Waals surface area (Å²) < 4.78 is 9.02. The summed E-state index contributed by atoms with van der Waals surface area (Å²) in [4.78, 5) is 22.2. The van der Waals surface area contributed by atoms with E-state index in [1.54, 1.807) is 18.4 Å². The number of aryl methyl sites for hydroxylation is 1. The molecule has 0 amide bonds. The molecule has 7 rings (SSSR count). The summed E-state index contributed by atoms with van der Waals surface area (Å²) in [7, 11) is 3.54. The molecule has 0 atom stereocenters. The minimum Gasteiger partial charge on any atom is -0.494 e. The molecule has 2 aliphatic rings. The number of piperazine rings is 1. The Balaban J connectivity index is 1.13. The zero-order valence-corrected chi connectivity index (χ0v) is 28.5. The normalized spacial score (nSPS) is 17.1. The number of likely N-dealkylation sites (N-methyl/N-ethyl adjacent to an activating group) is 1. The number of benzene rings is 1. The van der Waals surface area contributed by atoms with Gasteiger partial charge in [-0.3, -0.25) is 4.90 Å². The topological polar surface area (TPSA) is 86.1 Å². The van der Waals surface area contributed by atoms with Crippen LogP contribution < -0.4 is 25.6 Å². The van der Waals surface area contributed by atoms with Gasteiger partial charge in [0.1, 0.15) is 11.4 Å². The van der Waals surface area contributed by atoms with E-state index in [-0.39, 0.29) is 0 Å². The highest BCUT2D eigenvalue weighted by atomic mass is 32.1. The lowest BCUT2D eigenvalue weighted by Crippen LogP contribution is -2.52. The minimum atomic E-state index is -0.419. The molecule has 2 saturated heterocycles. The number of piperidine rings is 1. The zero-order valence-electron chi connectivity index (χ0n) is 26.7. The summed E-state index contributed by atoms with van der Waals surface area (Å²) >= 11 is 1.64. The predicted molar refractivity (Wildman–Crippen MR) is 190 cm³/mol. The van der Waals surface area contributed by atoms with Crippen molar-refractivity contribution in [2.24, 2.45) is 0 Å². The number of thiophene rings is 1. The van der Waals surface area contributed by atoms with Gasteiger partial charge >= 0.3 is 0 Å². The van der Waals surface area contributed by atoms with E-state index in [0.29, 0.717) is 12.0 Å². The van der Waals surface area contributed by atoms with Crippen LogP contribution in [0.15, 0.2) is 48.2 Å². The van der Waals surface area contributed by atoms with E-state index in [0.717, 1.165) is 51.9 Å². The van der Waals surface area contributed by atoms with Gasteiger partial charge in [-0.1, -0.05) is 7.92 Å². The molecule has 1 aromatic carbocycles. The highest BCUT2D eigenvalue weighted by molar-refractivity contribution is 7.65. The molecule has 0 radical (unpaired) electrons. The number of nitrogens with zero attached hydrogens (tertiary/aromatic N) is 7. The van der Waals surface area contributed by atoms with E-state index in [2.05, 4.69) is 85.6 Å². The predicted octanol–water partition coefficient (Wildman–Crippen LogP) is 5.73. The molecule has 0 spiro atoms. The quantitative estimate of drug-likeness (QED) is 0.206. The Morgan fingerprint density at radius 1 is 0.956 bits per heavy atom. The number of hydrogen-bond acceptors (Lipinski definition) is 10. The van der Waals surface area contributed by atoms with Crippen molar-refractivity contribution in [2.45, 2.75) is 25.8 Å². The van der Waals surface area contributed by atoms with Gasteiger partial charge in [0, 0.05) is 81.0 Å². The van der Waals surface area contributed by atoms with Crippen molar-refractivity contribution in [3.05, 3.63) is 53.8 Å². The van der Waals surface area contributed by atoms with Crippen LogP contribution in [0.2, 0.25) is 0 Å². The van der Waals surface area contributed by atoms with E-state index in [1.165, 1.54) is 55.6 Å². The summed E-state index contributed by atoms with van der Waals surface area (Å²) in [5.74, 6) is 2.09. The SMILES string of the molecule is COc1cc(N2CCC(N3CCN(C)CC3)CC2)c(C)cc1Nc1nc(Nc2ccn3ccnc3c2P(C)C)c2sccc2n1. The number of aromatic nitrogens is 4. The fourth-order valence-electron chi connectivity index (χ4n) is 6.71. The van der Waals surface area contributed by atoms with Gasteiger partial charge in [-0.05, 0) is 69.3 Å². The van der Waals surface area contributed by atoms with Gasteiger partial charge in [0.05, 0.1) is 28.7 Å². The first-order valence-electron chi connectivity index (χ1n) is 15.7. The van der Waals surface area contributed by atoms with Crippen LogP contribution in [0.4, 0.5) is 28.8 Å². The van der Waals surface area contributed by atoms with Gasteiger partial charge in [0.25, 0.3) is 0 Å². The molecule has 0 unspecified atom stereocenters. The summed E-state index contributed by atoms with van der Waals surface area (Å²) in [6.45, 7) is 13.5. The molecule has 236 valence electrons. The van der Waals surface area contributed by atoms with Crippen LogP contribution in [0.25, 0.3) is 15.9 Å². The van der Waals surface area contributed by atoms with Crippen LogP contribution in [-0.4, -0.2) is 102 Å². The third-order valence-electron chi connectivity index (χ3n) is 9.17. The smallest absolute Gasteiger partial charge is 0.229 e. The van der Waals surface area contributed by atoms with Gasteiger partial charge in [-0.15, -0.1) is 11.3 Å². The lowest BCUT2D eigenvalue weighted by molar-refractivity contribution is 0.0982. The first-order valence-corrected chi connectivity index (χ1v) is 18.8. The van der Waals surface area contributed by atoms with E-state index in [9.17, 15) is 0 Å². The zero-order chi connectivity index (χ0) is 31.1. The Morgan fingerprint density at radius 2 is 1.76 bits per heavy atom. The van der Waals surface area contributed by atoms with Crippen molar-refractivity contribution < 1.29 is 4.74 Å². The standard InChI is InChI=1S/C33H42N9OPS/c1-22-20-26(28(43-3)21-27(22)41-11-6-23(7-12-41)40-17-15-39(2)16-18-40)37-33-36-25-9-19-45-30(25)31(38-33)35-24-8-13-42-14-10-34-32(42)29(24)44(4)5/h8-10,13-14,19-21,23H,6-7,11-12,15-18H2,1-5H3,(H2,35,36,37,38). The molecule has 2 fully saturated rings. The molecular formula is C33H42N9OPS. The molecule has 0 bridgehead atoms. The molecule has 5 aromatic rings. The molecule has 0 saturated carbocycles. The number of ether oxygens (including phenoxy) is 1. The van der Waals surface area contributed by atoms with Crippen LogP contribution in [0.1, 0.15) is 18.4 Å². The van der Waals surface area contributed by atoms with Gasteiger partial charge in [0.15, 0.2) is 5.82 Å². The van der Waals surface area contributed by atoms with Gasteiger partial charge in [0.2, 0.25) is 5.95 Å². The maximum absolute atomic E-state index is 5.93. The molecular weight excluding hydrogens is 601 g/mol. The van der Waals surface area contributed by atoms with Crippen LogP contribution in [0, 0.1) is 6.92 Å². The van der Waals surface area contributed by atoms with Crippen molar-refractivity contribution in [2.75, 3.05) is 82.3 Å². The largest absolute Gasteiger partial charge is 0.494 e. The summed E-state index contributed by atoms with van der Waals surface area (Å²) in [5.41, 5.74) is 6.21. The van der Waals surface area contributed by atoms with Crippen molar-refractivity contribution in [3.8, 4) is 5.75 Å². The van der Waals surface area contributed by atoms with Crippen LogP contribution in [-0.2, 0) is 0 Å². The Hall–Kier alpha value is -3.50. The molecule has 2 N–H and O–H groups in total. The highest BCUT2D eigenvalue weighted by Crippen LogP contribution is 2.38. The van der Waals surface area contributed by atoms with E-state index >= 15 is 0 Å². The van der Waals surface area contributed by atoms with Crippen LogP contribution in [0.5, 0.6) is 5.75 Å². The lowest BCUT2D eigenvalue weighted by atomic mass is 10.0. The first-order chi connectivity index (χ1) is 21.9. The van der Waals surface area contributed by atoms with Gasteiger partial charge in [-0.25, -0.2) is 9.97 Å². The van der Waals surface area contributed by atoms with E-state index in [1.807, 2.05) is 24.7 Å². The maximum Gasteiger partial charge on any atom is 0.229 e. The monoisotopic (exact) mass is 643 g/mol. The number of pyridine rings is 1. The first kappa shape index (κ1) is 30.2. The molecule has 6 heterocycles. The molecule has 0 aliphatic carbocycles. The molecule has 12 heteroatoms. The number of nitrogens with one attached hydrogen (secondary N) is 2. The van der Waals surface area contributed by atoms with Crippen LogP contribution >= 0.6 is 19.3 Å². The minimum absolute atomic E-state index is 0.419. The number of methoxy groups -OCH3 is 1. The number of hydrogen-bond donors (Lipinski definition) is 2. The second kappa shape index (κ2) is 12.7. The van der Waals surface area contributed by atoms with Crippen LogP contribution in [0.3, 0.4) is 0 Å². The Bertz CT molecular complexity index is 1810. The number of fused-ring (bicyclic) bond motifs is 2. The Labute approximate surface area is 270 Å². The number of imidazole rings is 1. The molecule has 45 heavy (non-hydrogen) atoms. The molecule has 2 aliphatic heterocycles. The molecule has 4 aromatic heterocycles. The summed E-state index contributed by atoms with van der Waals surface area (Å²) in [6.07, 6.45) is 8.28. The third-order valence-corrected chi connectivity index (χ3v) is 11.4. The second-order valence-corrected chi connectivity index (χ2v) is 15.5. The average molecular weight is 644 g/mol. The van der Waals surface area contributed by atoms with E-state index in [4.69, 9.17) is 14.7 Å². The van der Waals surface area contributed by atoms with Gasteiger partial charge < -0.3 is 29.6 Å². The van der Waals surface area contributed by atoms with Gasteiger partial charge in [-0.2, -0.15) is 4.98 Å². The fourth-order valence-corrected chi connectivity index (χ4v) is 8.67. The highest BCUT2D eigenvalue weighted by Gasteiger charge is 2.28. The summed E-state index contributed by atoms with van der Waals surface area (Å²) in [5, 5.41) is 10.4. The lowest BCUT2D eigenvalue weighted by Gasteiger charge is -2.43. The molecule has 10 nitrogen and oxygen atoms in total. The maximum atomic E-state index is 5.93. The Morgan fingerprint density at radius 3 is 2.51 bits per heavy atom. The van der Waals surface area contributed by atoms with E-state index < -0.39 is 7.92 Å². The summed E-state index contributed by atoms with van der Waals surface area (Å²) in [6, 6.07) is 9.18. The number of rotatable bonds is 8. The Kier molecular flexibility index (Phi) is 8.52. The van der Waals surface area contributed by atoms with Crippen molar-refractivity contribution in [1.82, 2.24) is 29.2 Å². The average Bonchev–Trinajstić information content (AvgIpc) is 3.72. The number of anilines is 5.